The summed E-state index contributed by atoms with van der Waals surface area (Å²) in [5.41, 5.74) is 3.36. The monoisotopic (exact) mass is 1150 g/mol. The second kappa shape index (κ2) is 33.6. The molecule has 0 aliphatic carbocycles. The van der Waals surface area contributed by atoms with E-state index < -0.39 is 20.3 Å². The van der Waals surface area contributed by atoms with Crippen molar-refractivity contribution in [1.82, 2.24) is 34.3 Å². The first-order valence-electron chi connectivity index (χ1n) is 30.7. The van der Waals surface area contributed by atoms with Crippen LogP contribution in [0, 0.1) is 43.8 Å². The molecule has 0 aromatic carbocycles. The van der Waals surface area contributed by atoms with Gasteiger partial charge >= 0.3 is 0 Å². The Morgan fingerprint density at radius 1 is 0.429 bits per heavy atom. The zero-order valence-electron chi connectivity index (χ0n) is 56.1. The van der Waals surface area contributed by atoms with Gasteiger partial charge in [-0.05, 0) is 106 Å². The molecule has 13 heteroatoms. The van der Waals surface area contributed by atoms with Crippen LogP contribution in [0.1, 0.15) is 179 Å². The molecule has 0 atom stereocenters. The topological polar surface area (TPSA) is 66.1 Å². The van der Waals surface area contributed by atoms with E-state index in [4.69, 9.17) is 4.74 Å². The summed E-state index contributed by atoms with van der Waals surface area (Å²) in [6.07, 6.45) is 2.78. The van der Waals surface area contributed by atoms with Gasteiger partial charge in [-0.25, -0.2) is 0 Å². The molecule has 0 N–H and O–H groups in total. The van der Waals surface area contributed by atoms with Gasteiger partial charge in [-0.2, -0.15) is 11.8 Å². The number of thioether (sulfide) groups is 1. The number of likely N-dealkylation sites (tertiary alicyclic amines) is 1. The molecule has 10 nitrogen and oxygen atoms in total. The first kappa shape index (κ1) is 75.2. The van der Waals surface area contributed by atoms with E-state index in [1.807, 2.05) is 0 Å². The van der Waals surface area contributed by atoms with Crippen molar-refractivity contribution in [3.8, 4) is 0 Å². The minimum absolute atomic E-state index is 0.341. The zero-order valence-corrected chi connectivity index (χ0v) is 58.5. The van der Waals surface area contributed by atoms with Crippen LogP contribution in [0.3, 0.4) is 0 Å². The fourth-order valence-corrected chi connectivity index (χ4v) is 14.4. The Morgan fingerprint density at radius 2 is 0.727 bits per heavy atom. The quantitative estimate of drug-likeness (QED) is 0.239. The van der Waals surface area contributed by atoms with Gasteiger partial charge in [-0.1, -0.05) is 145 Å². The van der Waals surface area contributed by atoms with Crippen LogP contribution in [0.25, 0.3) is 0 Å². The normalized spacial score (nSPS) is 22.6. The molecule has 0 unspecified atom stereocenters. The summed E-state index contributed by atoms with van der Waals surface area (Å²) < 4.78 is 27.9. The molecule has 6 rings (SSSR count). The maximum absolute atomic E-state index is 11.6. The fourth-order valence-electron chi connectivity index (χ4n) is 10.9. The minimum Gasteiger partial charge on any atom is -0.379 e. The average Bonchev–Trinajstić information content (AvgIpc) is 3.24. The van der Waals surface area contributed by atoms with Crippen LogP contribution in [-0.4, -0.2) is 233 Å². The third kappa shape index (κ3) is 41.8. The number of rotatable bonds is 6. The highest BCUT2D eigenvalue weighted by Gasteiger charge is 2.31. The van der Waals surface area contributed by atoms with Crippen LogP contribution in [0.2, 0.25) is 0 Å². The highest BCUT2D eigenvalue weighted by Crippen LogP contribution is 2.35. The molecular formula is C64H135N7O3S3. The molecule has 6 aliphatic rings. The summed E-state index contributed by atoms with van der Waals surface area (Å²) in [7, 11) is -2.24. The Kier molecular flexibility index (Phi) is 32.8. The Morgan fingerprint density at radius 3 is 1.05 bits per heavy atom. The highest BCUT2D eigenvalue weighted by molar-refractivity contribution is 8.00. The average molecular weight is 1150 g/mol. The van der Waals surface area contributed by atoms with E-state index in [-0.39, 0.29) is 0 Å². The molecule has 0 bridgehead atoms. The van der Waals surface area contributed by atoms with E-state index in [9.17, 15) is 8.42 Å². The van der Waals surface area contributed by atoms with Crippen molar-refractivity contribution < 1.29 is 13.2 Å². The summed E-state index contributed by atoms with van der Waals surface area (Å²) >= 11 is 2.08. The molecule has 0 saturated carbocycles. The summed E-state index contributed by atoms with van der Waals surface area (Å²) in [4.78, 5) is 17.7. The van der Waals surface area contributed by atoms with Gasteiger partial charge in [-0.15, -0.1) is 0 Å². The minimum atomic E-state index is -1.71. The molecule has 0 aromatic rings. The number of nitrogens with zero attached hydrogens (tertiary/aromatic N) is 7. The molecule has 0 amide bonds. The van der Waals surface area contributed by atoms with Crippen LogP contribution in [0.15, 0.2) is 0 Å². The maximum Gasteiger partial charge on any atom is 0.0594 e. The molecule has 0 aromatic heterocycles. The van der Waals surface area contributed by atoms with Crippen LogP contribution < -0.4 is 0 Å². The van der Waals surface area contributed by atoms with E-state index >= 15 is 0 Å². The van der Waals surface area contributed by atoms with Gasteiger partial charge in [-0.3, -0.25) is 18.2 Å². The van der Waals surface area contributed by atoms with Crippen molar-refractivity contribution in [3.05, 3.63) is 0 Å². The predicted octanol–water partition coefficient (Wildman–Crippen LogP) is 11.8. The lowest BCUT2D eigenvalue weighted by Gasteiger charge is -2.43. The molecule has 6 saturated heterocycles. The molecular weight excluding hydrogens is 1010 g/mol. The van der Waals surface area contributed by atoms with Crippen LogP contribution in [0.4, 0.5) is 0 Å². The first-order chi connectivity index (χ1) is 34.8. The lowest BCUT2D eigenvalue weighted by Crippen LogP contribution is -2.54. The summed E-state index contributed by atoms with van der Waals surface area (Å²) in [6.45, 7) is 80.6. The predicted molar refractivity (Wildman–Crippen MR) is 350 cm³/mol. The molecule has 6 aliphatic heterocycles. The first-order valence-corrected chi connectivity index (χ1v) is 35.4. The van der Waals surface area contributed by atoms with Crippen molar-refractivity contribution in [2.24, 2.45) is 43.8 Å². The Bertz CT molecular complexity index is 1580. The van der Waals surface area contributed by atoms with E-state index in [2.05, 4.69) is 218 Å². The van der Waals surface area contributed by atoms with Crippen molar-refractivity contribution in [2.75, 3.05) is 179 Å². The number of hydrogen-bond donors (Lipinski definition) is 0. The van der Waals surface area contributed by atoms with E-state index in [1.54, 1.807) is 0 Å². The second-order valence-corrected chi connectivity index (χ2v) is 38.9. The summed E-state index contributed by atoms with van der Waals surface area (Å²) in [5, 5.41) is 0. The summed E-state index contributed by atoms with van der Waals surface area (Å²) in [5.74, 6) is 10.6. The van der Waals surface area contributed by atoms with Gasteiger partial charge in [0.2, 0.25) is 0 Å². The van der Waals surface area contributed by atoms with E-state index in [1.165, 1.54) is 103 Å². The second-order valence-electron chi connectivity index (χ2n) is 33.3. The van der Waals surface area contributed by atoms with Crippen molar-refractivity contribution in [3.63, 3.8) is 0 Å². The third-order valence-corrected chi connectivity index (χ3v) is 18.4. The summed E-state index contributed by atoms with van der Waals surface area (Å²) in [6, 6.07) is 0. The molecule has 77 heavy (non-hydrogen) atoms. The van der Waals surface area contributed by atoms with Crippen LogP contribution >= 0.6 is 11.8 Å². The third-order valence-electron chi connectivity index (χ3n) is 14.4. The smallest absolute Gasteiger partial charge is 0.0594 e. The largest absolute Gasteiger partial charge is 0.379 e. The van der Waals surface area contributed by atoms with Crippen molar-refractivity contribution >= 4 is 38.0 Å². The van der Waals surface area contributed by atoms with Gasteiger partial charge in [0.25, 0.3) is 0 Å². The van der Waals surface area contributed by atoms with Gasteiger partial charge in [0.05, 0.1) is 13.2 Å². The SMILES string of the molecule is C=S1(=O)CCN(CC(C)(C)C)CC1.CC(C)(C)CN1CCC(C(C)(C)C)CC1.CC(C)(C)CN1CCN(C(C)(C)C)CC1.CC(C)(C)CN1CCOCC1.CC(C)(C)CN1CCS(=O)CC1.CC(C)(C)CN1CCSCC1. The Balaban J connectivity index is 0.000000464. The van der Waals surface area contributed by atoms with Crippen LogP contribution in [-0.2, 0) is 25.1 Å². The molecule has 0 radical (unpaired) electrons. The Labute approximate surface area is 489 Å². The van der Waals surface area contributed by atoms with E-state index in [0.717, 1.165) is 94.5 Å². The number of ether oxygens (including phenoxy) is 1. The number of piperidine rings is 1. The number of hydrogen-bond acceptors (Lipinski definition) is 11. The number of piperazine rings is 1. The molecule has 6 fully saturated rings. The Hall–Kier alpha value is 0.200. The van der Waals surface area contributed by atoms with Crippen LogP contribution in [0.5, 0.6) is 0 Å². The molecule has 462 valence electrons. The fraction of sp³-hybridized carbons (Fsp3) is 0.984. The lowest BCUT2D eigenvalue weighted by molar-refractivity contribution is 0.0236. The van der Waals surface area contributed by atoms with Gasteiger partial charge in [0.15, 0.2) is 0 Å². The zero-order chi connectivity index (χ0) is 59.3. The lowest BCUT2D eigenvalue weighted by atomic mass is 9.75. The van der Waals surface area contributed by atoms with E-state index in [0.29, 0.717) is 43.4 Å². The molecule has 6 heterocycles. The highest BCUT2D eigenvalue weighted by atomic mass is 32.2. The standard InChI is InChI=1S/C14H29N.C13H28N2.C10H21NOS.C9H19NOS.C9H19NO.C9H19NS/c1-13(2,3)11-15-9-7-12(8-10-15)14(4,5)6;1-12(2,3)11-14-7-9-15(10-8-14)13(4,5)6;1-10(2,3)9-11-5-7-13(4,12)8-6-11;1-9(2,3)8-10-4-6-12(11)7-5-10;2*1-9(2,3)8-10-4-6-11-7-5-10/h12H,7-11H2,1-6H3;7-11H2,1-6H3;4-9H2,1-3H3;4-8H2,1-3H3;2*4-8H2,1-3H3. The maximum atomic E-state index is 11.6. The van der Waals surface area contributed by atoms with Gasteiger partial charge < -0.3 is 29.2 Å². The van der Waals surface area contributed by atoms with Gasteiger partial charge in [0.1, 0.15) is 0 Å². The number of morpholine rings is 1. The van der Waals surface area contributed by atoms with Gasteiger partial charge in [0, 0.05) is 169 Å². The van der Waals surface area contributed by atoms with Crippen molar-refractivity contribution in [2.45, 2.75) is 185 Å². The van der Waals surface area contributed by atoms with Crippen molar-refractivity contribution in [1.29, 1.82) is 0 Å². The molecule has 0 spiro atoms.